The van der Waals surface area contributed by atoms with Gasteiger partial charge in [0.25, 0.3) is 0 Å². The Morgan fingerprint density at radius 2 is 1.63 bits per heavy atom. The fraction of sp³-hybridized carbons (Fsp3) is 0.250. The predicted molar refractivity (Wildman–Crippen MR) is 153 cm³/mol. The van der Waals surface area contributed by atoms with Crippen LogP contribution >= 0.6 is 0 Å². The molecule has 2 heterocycles. The number of nitrogens with zero attached hydrogens (tertiary/aromatic N) is 1. The molecule has 3 aliphatic rings. The van der Waals surface area contributed by atoms with E-state index in [-0.39, 0.29) is 29.7 Å². The minimum atomic E-state index is -0.713. The van der Waals surface area contributed by atoms with E-state index in [0.717, 1.165) is 0 Å². The highest BCUT2D eigenvalue weighted by Crippen LogP contribution is 2.51. The second-order valence-corrected chi connectivity index (χ2v) is 9.90. The average molecular weight is 555 g/mol. The first-order valence-corrected chi connectivity index (χ1v) is 13.3. The summed E-state index contributed by atoms with van der Waals surface area (Å²) >= 11 is 0. The van der Waals surface area contributed by atoms with Crippen LogP contribution in [-0.4, -0.2) is 44.8 Å². The van der Waals surface area contributed by atoms with E-state index in [1.807, 2.05) is 12.1 Å². The maximum atomic E-state index is 13.8. The highest BCUT2D eigenvalue weighted by Gasteiger charge is 2.44. The number of rotatable bonds is 6. The van der Waals surface area contributed by atoms with Crippen molar-refractivity contribution in [2.24, 2.45) is 0 Å². The molecule has 2 N–H and O–H groups in total. The number of allylic oxidation sites excluding steroid dienone is 2. The highest BCUT2D eigenvalue weighted by molar-refractivity contribution is 6.20. The molecular formula is C32H30N2O7. The normalized spacial score (nSPS) is 19.2. The van der Waals surface area contributed by atoms with Gasteiger partial charge in [-0.1, -0.05) is 6.07 Å². The van der Waals surface area contributed by atoms with Crippen LogP contribution in [0, 0.1) is 5.41 Å². The molecule has 0 saturated carbocycles. The Morgan fingerprint density at radius 3 is 2.37 bits per heavy atom. The topological polar surface area (TPSA) is 111 Å². The number of hydrogen-bond donors (Lipinski definition) is 2. The van der Waals surface area contributed by atoms with Crippen molar-refractivity contribution in [2.45, 2.75) is 25.2 Å². The lowest BCUT2D eigenvalue weighted by atomic mass is 9.73. The molecule has 0 aromatic heterocycles. The van der Waals surface area contributed by atoms with Crippen molar-refractivity contribution in [3.8, 4) is 28.7 Å². The zero-order valence-corrected chi connectivity index (χ0v) is 23.0. The van der Waals surface area contributed by atoms with E-state index >= 15 is 0 Å². The van der Waals surface area contributed by atoms with Gasteiger partial charge in [0.15, 0.2) is 17.3 Å². The van der Waals surface area contributed by atoms with Crippen molar-refractivity contribution in [2.75, 3.05) is 33.0 Å². The molecule has 0 spiro atoms. The van der Waals surface area contributed by atoms with Gasteiger partial charge in [0.2, 0.25) is 6.79 Å². The number of amidine groups is 1. The zero-order valence-electron chi connectivity index (χ0n) is 23.0. The van der Waals surface area contributed by atoms with Crippen molar-refractivity contribution in [3.05, 3.63) is 88.6 Å². The third-order valence-electron chi connectivity index (χ3n) is 7.73. The first-order valence-electron chi connectivity index (χ1n) is 13.3. The Bertz CT molecular complexity index is 1610. The third kappa shape index (κ3) is 4.43. The molecule has 1 atom stereocenters. The van der Waals surface area contributed by atoms with Crippen LogP contribution in [-0.2, 0) is 4.79 Å². The molecule has 0 saturated heterocycles. The molecule has 0 radical (unpaired) electrons. The summed E-state index contributed by atoms with van der Waals surface area (Å²) in [5.74, 6) is 2.04. The highest BCUT2D eigenvalue weighted by atomic mass is 16.7. The molecule has 9 heteroatoms. The number of carbonyl (C=O) groups is 1. The molecule has 3 aromatic carbocycles. The first kappa shape index (κ1) is 26.3. The van der Waals surface area contributed by atoms with Gasteiger partial charge >= 0.3 is 0 Å². The van der Waals surface area contributed by atoms with E-state index in [1.165, 1.54) is 0 Å². The van der Waals surface area contributed by atoms with Gasteiger partial charge in [-0.3, -0.25) is 15.1 Å². The van der Waals surface area contributed by atoms with E-state index < -0.39 is 5.92 Å². The Hall–Kier alpha value is -4.92. The van der Waals surface area contributed by atoms with Gasteiger partial charge in [-0.2, -0.15) is 0 Å². The molecule has 0 unspecified atom stereocenters. The second kappa shape index (κ2) is 10.6. The minimum absolute atomic E-state index is 0.0287. The van der Waals surface area contributed by atoms with Crippen molar-refractivity contribution in [1.29, 1.82) is 5.41 Å². The quantitative estimate of drug-likeness (QED) is 0.357. The number of fused-ring (bicyclic) bond motifs is 1. The Balaban J connectivity index is 1.65. The summed E-state index contributed by atoms with van der Waals surface area (Å²) in [6.07, 6.45) is 1.58. The molecule has 6 rings (SSSR count). The van der Waals surface area contributed by atoms with Gasteiger partial charge in [-0.05, 0) is 66.9 Å². The van der Waals surface area contributed by atoms with Gasteiger partial charge in [0.05, 0.1) is 27.0 Å². The lowest BCUT2D eigenvalue weighted by Gasteiger charge is -2.42. The summed E-state index contributed by atoms with van der Waals surface area (Å²) in [6.45, 7) is 0.107. The SMILES string of the molecule is COc1ccc(C(O)=C2C(=N)N(c3cc(OC)ccc3OC)C3=C(C(=O)CCC3)[C@@H]2c2ccc3c(c2)OCO3)cc1. The number of aliphatic hydroxyl groups is 1. The number of carbonyl (C=O) groups excluding carboxylic acids is 1. The number of ether oxygens (including phenoxy) is 5. The number of aliphatic hydroxyl groups excluding tert-OH is 1. The van der Waals surface area contributed by atoms with E-state index in [9.17, 15) is 15.3 Å². The van der Waals surface area contributed by atoms with E-state index in [0.29, 0.717) is 76.1 Å². The molecule has 2 aliphatic heterocycles. The maximum absolute atomic E-state index is 13.8. The van der Waals surface area contributed by atoms with Crippen LogP contribution in [0.2, 0.25) is 0 Å². The molecule has 0 bridgehead atoms. The van der Waals surface area contributed by atoms with Crippen molar-refractivity contribution < 1.29 is 33.6 Å². The number of ketones is 1. The molecule has 0 amide bonds. The lowest BCUT2D eigenvalue weighted by molar-refractivity contribution is -0.116. The van der Waals surface area contributed by atoms with Crippen LogP contribution in [0.3, 0.4) is 0 Å². The van der Waals surface area contributed by atoms with Crippen LogP contribution in [0.4, 0.5) is 5.69 Å². The summed E-state index contributed by atoms with van der Waals surface area (Å²) in [5.41, 5.74) is 3.27. The van der Waals surface area contributed by atoms with Crippen molar-refractivity contribution in [1.82, 2.24) is 0 Å². The predicted octanol–water partition coefficient (Wildman–Crippen LogP) is 6.00. The van der Waals surface area contributed by atoms with Gasteiger partial charge in [0.1, 0.15) is 28.8 Å². The fourth-order valence-corrected chi connectivity index (χ4v) is 5.76. The second-order valence-electron chi connectivity index (χ2n) is 9.90. The fourth-order valence-electron chi connectivity index (χ4n) is 5.76. The number of Topliss-reactive ketones (excluding diaryl/α,β-unsaturated/α-hetero) is 1. The molecule has 3 aromatic rings. The summed E-state index contributed by atoms with van der Waals surface area (Å²) in [4.78, 5) is 15.5. The Labute approximate surface area is 237 Å². The third-order valence-corrected chi connectivity index (χ3v) is 7.73. The molecule has 41 heavy (non-hydrogen) atoms. The number of hydrogen-bond acceptors (Lipinski definition) is 8. The van der Waals surface area contributed by atoms with Crippen molar-refractivity contribution in [3.63, 3.8) is 0 Å². The van der Waals surface area contributed by atoms with Crippen molar-refractivity contribution >= 4 is 23.1 Å². The summed E-state index contributed by atoms with van der Waals surface area (Å²) in [6, 6.07) is 17.8. The minimum Gasteiger partial charge on any atom is -0.507 e. The van der Waals surface area contributed by atoms with Crippen LogP contribution in [0.5, 0.6) is 28.7 Å². The van der Waals surface area contributed by atoms with Crippen LogP contribution in [0.1, 0.15) is 36.3 Å². The Kier molecular flexibility index (Phi) is 6.78. The standard InChI is InChI=1S/C32H30N2O7/c1-37-20-10-7-18(8-11-20)31(36)30-28(19-9-13-26-27(15-19)41-17-40-26)29-22(5-4-6-24(29)35)34(32(30)33)23-16-21(38-2)12-14-25(23)39-3/h7-16,28,33,36H,4-6,17H2,1-3H3/t28-/m0/s1. The van der Waals surface area contributed by atoms with E-state index in [2.05, 4.69) is 0 Å². The van der Waals surface area contributed by atoms with Gasteiger partial charge < -0.3 is 28.8 Å². The maximum Gasteiger partial charge on any atom is 0.231 e. The number of methoxy groups -OCH3 is 3. The first-order chi connectivity index (χ1) is 19.9. The van der Waals surface area contributed by atoms with Gasteiger partial charge in [-0.15, -0.1) is 0 Å². The average Bonchev–Trinajstić information content (AvgIpc) is 3.48. The summed E-state index contributed by atoms with van der Waals surface area (Å²) in [7, 11) is 4.70. The largest absolute Gasteiger partial charge is 0.507 e. The van der Waals surface area contributed by atoms with Crippen LogP contribution in [0.15, 0.2) is 77.5 Å². The van der Waals surface area contributed by atoms with Gasteiger partial charge in [0, 0.05) is 40.8 Å². The summed E-state index contributed by atoms with van der Waals surface area (Å²) in [5, 5.41) is 21.5. The number of nitrogens with one attached hydrogen (secondary N) is 1. The van der Waals surface area contributed by atoms with Crippen LogP contribution < -0.4 is 28.6 Å². The smallest absolute Gasteiger partial charge is 0.231 e. The number of anilines is 1. The van der Waals surface area contributed by atoms with Crippen LogP contribution in [0.25, 0.3) is 5.76 Å². The van der Waals surface area contributed by atoms with Gasteiger partial charge in [-0.25, -0.2) is 0 Å². The molecule has 210 valence electrons. The Morgan fingerprint density at radius 1 is 0.902 bits per heavy atom. The molecule has 0 fully saturated rings. The zero-order chi connectivity index (χ0) is 28.7. The summed E-state index contributed by atoms with van der Waals surface area (Å²) < 4.78 is 27.7. The van der Waals surface area contributed by atoms with E-state index in [4.69, 9.17) is 23.7 Å². The molecular weight excluding hydrogens is 524 g/mol. The molecule has 9 nitrogen and oxygen atoms in total. The monoisotopic (exact) mass is 554 g/mol. The lowest BCUT2D eigenvalue weighted by Crippen LogP contribution is -2.42. The molecule has 1 aliphatic carbocycles. The van der Waals surface area contributed by atoms with E-state index in [1.54, 1.807) is 74.8 Å². The number of benzene rings is 3.